The quantitative estimate of drug-likeness (QED) is 0.309. The Hall–Kier alpha value is -0.0400. The summed E-state index contributed by atoms with van der Waals surface area (Å²) < 4.78 is 0. The lowest BCUT2D eigenvalue weighted by molar-refractivity contribution is 0.196. The summed E-state index contributed by atoms with van der Waals surface area (Å²) in [4.78, 5) is 7.00. The first-order valence-electron chi connectivity index (χ1n) is 9.02. The number of likely N-dealkylation sites (N-methyl/N-ethyl adjacent to an activating group) is 1. The van der Waals surface area contributed by atoms with Gasteiger partial charge < -0.3 is 16.0 Å². The molecule has 5 heteroatoms. The van der Waals surface area contributed by atoms with E-state index in [9.17, 15) is 0 Å². The number of halogens is 1. The first kappa shape index (κ1) is 20.0. The second-order valence-electron chi connectivity index (χ2n) is 6.87. The molecule has 2 aliphatic carbocycles. The van der Waals surface area contributed by atoms with Crippen molar-refractivity contribution in [3.8, 4) is 0 Å². The summed E-state index contributed by atoms with van der Waals surface area (Å²) in [7, 11) is 2.24. The highest BCUT2D eigenvalue weighted by Gasteiger charge is 2.17. The third kappa shape index (κ3) is 7.49. The molecule has 0 saturated heterocycles. The summed E-state index contributed by atoms with van der Waals surface area (Å²) in [6, 6.07) is 1.32. The Morgan fingerprint density at radius 3 is 2.18 bits per heavy atom. The van der Waals surface area contributed by atoms with Crippen LogP contribution in [0.1, 0.15) is 70.6 Å². The van der Waals surface area contributed by atoms with Crippen LogP contribution < -0.4 is 11.1 Å². The summed E-state index contributed by atoms with van der Waals surface area (Å²) >= 11 is 0. The molecular formula is C17H35IN4. The van der Waals surface area contributed by atoms with Gasteiger partial charge in [-0.3, -0.25) is 4.99 Å². The maximum atomic E-state index is 6.04. The number of aliphatic imine (C=N–C) groups is 1. The van der Waals surface area contributed by atoms with Crippen molar-refractivity contribution < 1.29 is 0 Å². The summed E-state index contributed by atoms with van der Waals surface area (Å²) in [5.74, 6) is 0.652. The van der Waals surface area contributed by atoms with Crippen molar-refractivity contribution in [3.05, 3.63) is 0 Å². The van der Waals surface area contributed by atoms with Crippen LogP contribution in [0.5, 0.6) is 0 Å². The van der Waals surface area contributed by atoms with E-state index in [2.05, 4.69) is 22.3 Å². The molecule has 2 rings (SSSR count). The Morgan fingerprint density at radius 1 is 1.00 bits per heavy atom. The van der Waals surface area contributed by atoms with Crippen LogP contribution in [0.2, 0.25) is 0 Å². The number of hydrogen-bond acceptors (Lipinski definition) is 2. The fraction of sp³-hybridized carbons (Fsp3) is 0.941. The fourth-order valence-corrected chi connectivity index (χ4v) is 3.71. The minimum absolute atomic E-state index is 0. The third-order valence-corrected chi connectivity index (χ3v) is 5.14. The molecule has 2 fully saturated rings. The van der Waals surface area contributed by atoms with Crippen molar-refractivity contribution >= 4 is 29.9 Å². The number of nitrogens with zero attached hydrogens (tertiary/aromatic N) is 2. The van der Waals surface area contributed by atoms with Gasteiger partial charge in [0.2, 0.25) is 0 Å². The summed E-state index contributed by atoms with van der Waals surface area (Å²) in [5, 5.41) is 3.42. The molecule has 0 atom stereocenters. The van der Waals surface area contributed by atoms with E-state index in [1.54, 1.807) is 0 Å². The Balaban J connectivity index is 0.00000242. The van der Waals surface area contributed by atoms with Crippen molar-refractivity contribution in [2.75, 3.05) is 20.1 Å². The highest BCUT2D eigenvalue weighted by atomic mass is 127. The third-order valence-electron chi connectivity index (χ3n) is 5.14. The van der Waals surface area contributed by atoms with Crippen LogP contribution in [0.25, 0.3) is 0 Å². The average Bonchev–Trinajstić information content (AvgIpc) is 2.76. The van der Waals surface area contributed by atoms with E-state index in [1.807, 2.05) is 0 Å². The van der Waals surface area contributed by atoms with Gasteiger partial charge in [0.05, 0.1) is 6.54 Å². The van der Waals surface area contributed by atoms with E-state index < -0.39 is 0 Å². The van der Waals surface area contributed by atoms with E-state index in [4.69, 9.17) is 5.73 Å². The van der Waals surface area contributed by atoms with Crippen LogP contribution in [0.3, 0.4) is 0 Å². The zero-order valence-corrected chi connectivity index (χ0v) is 16.6. The highest BCUT2D eigenvalue weighted by Crippen LogP contribution is 2.21. The van der Waals surface area contributed by atoms with E-state index in [-0.39, 0.29) is 24.0 Å². The molecule has 130 valence electrons. The van der Waals surface area contributed by atoms with Crippen molar-refractivity contribution in [2.45, 2.75) is 82.7 Å². The van der Waals surface area contributed by atoms with Gasteiger partial charge in [0.1, 0.15) is 0 Å². The Kier molecular flexibility index (Phi) is 10.4. The van der Waals surface area contributed by atoms with Crippen LogP contribution in [-0.4, -0.2) is 43.1 Å². The van der Waals surface area contributed by atoms with Crippen molar-refractivity contribution in [2.24, 2.45) is 10.7 Å². The lowest BCUT2D eigenvalue weighted by atomic mass is 9.94. The Labute approximate surface area is 153 Å². The molecule has 0 amide bonds. The molecule has 2 aliphatic rings. The topological polar surface area (TPSA) is 53.6 Å². The van der Waals surface area contributed by atoms with E-state index >= 15 is 0 Å². The van der Waals surface area contributed by atoms with Gasteiger partial charge in [-0.1, -0.05) is 44.9 Å². The van der Waals surface area contributed by atoms with Gasteiger partial charge in [-0.25, -0.2) is 0 Å². The van der Waals surface area contributed by atoms with Crippen LogP contribution in [0.4, 0.5) is 0 Å². The molecule has 0 aromatic heterocycles. The van der Waals surface area contributed by atoms with Crippen LogP contribution in [0.15, 0.2) is 4.99 Å². The molecule has 0 aliphatic heterocycles. The van der Waals surface area contributed by atoms with Gasteiger partial charge in [-0.15, -0.1) is 24.0 Å². The number of guanidine groups is 1. The molecule has 3 N–H and O–H groups in total. The molecule has 0 bridgehead atoms. The molecule has 2 saturated carbocycles. The van der Waals surface area contributed by atoms with Crippen molar-refractivity contribution in [1.82, 2.24) is 10.2 Å². The summed E-state index contributed by atoms with van der Waals surface area (Å²) in [6.45, 7) is 1.84. The number of rotatable bonds is 5. The van der Waals surface area contributed by atoms with E-state index in [0.29, 0.717) is 12.0 Å². The highest BCUT2D eigenvalue weighted by molar-refractivity contribution is 14.0. The van der Waals surface area contributed by atoms with Gasteiger partial charge in [0.25, 0.3) is 0 Å². The van der Waals surface area contributed by atoms with Crippen LogP contribution in [0, 0.1) is 0 Å². The predicted molar refractivity (Wildman–Crippen MR) is 106 cm³/mol. The predicted octanol–water partition coefficient (Wildman–Crippen LogP) is 3.50. The average molecular weight is 422 g/mol. The number of nitrogens with two attached hydrogens (primary N) is 1. The smallest absolute Gasteiger partial charge is 0.188 e. The van der Waals surface area contributed by atoms with Gasteiger partial charge in [0.15, 0.2) is 5.96 Å². The second-order valence-corrected chi connectivity index (χ2v) is 6.87. The van der Waals surface area contributed by atoms with Crippen LogP contribution >= 0.6 is 24.0 Å². The van der Waals surface area contributed by atoms with Gasteiger partial charge >= 0.3 is 0 Å². The molecule has 0 radical (unpaired) electrons. The Bertz CT molecular complexity index is 308. The largest absolute Gasteiger partial charge is 0.370 e. The van der Waals surface area contributed by atoms with Crippen molar-refractivity contribution in [1.29, 1.82) is 0 Å². The first-order chi connectivity index (χ1) is 10.3. The molecule has 0 unspecified atom stereocenters. The zero-order chi connectivity index (χ0) is 14.9. The molecular weight excluding hydrogens is 387 g/mol. The molecule has 0 aromatic carbocycles. The van der Waals surface area contributed by atoms with E-state index in [1.165, 1.54) is 70.6 Å². The van der Waals surface area contributed by atoms with Gasteiger partial charge in [-0.2, -0.15) is 0 Å². The molecule has 4 nitrogen and oxygen atoms in total. The Morgan fingerprint density at radius 2 is 1.55 bits per heavy atom. The minimum atomic E-state index is 0. The number of hydrogen-bond donors (Lipinski definition) is 2. The normalized spacial score (nSPS) is 22.2. The monoisotopic (exact) mass is 422 g/mol. The van der Waals surface area contributed by atoms with Gasteiger partial charge in [-0.05, 0) is 32.7 Å². The summed E-state index contributed by atoms with van der Waals surface area (Å²) in [5.41, 5.74) is 6.04. The SMILES string of the molecule is CN(CCN=C(N)NC1CCCCCC1)C1CCCCC1.I. The second kappa shape index (κ2) is 11.5. The molecule has 0 spiro atoms. The standard InChI is InChI=1S/C17H34N4.HI/c1-21(16-11-7-4-8-12-16)14-13-19-17(18)20-15-9-5-2-3-6-10-15;/h15-16H,2-14H2,1H3,(H3,18,19,20);1H. The van der Waals surface area contributed by atoms with Gasteiger partial charge in [0, 0.05) is 18.6 Å². The zero-order valence-electron chi connectivity index (χ0n) is 14.2. The van der Waals surface area contributed by atoms with E-state index in [0.717, 1.165) is 19.1 Å². The van der Waals surface area contributed by atoms with Crippen LogP contribution in [-0.2, 0) is 0 Å². The van der Waals surface area contributed by atoms with Crippen molar-refractivity contribution in [3.63, 3.8) is 0 Å². The molecule has 22 heavy (non-hydrogen) atoms. The molecule has 0 heterocycles. The first-order valence-corrected chi connectivity index (χ1v) is 9.02. The minimum Gasteiger partial charge on any atom is -0.370 e. The lowest BCUT2D eigenvalue weighted by Gasteiger charge is -2.30. The maximum Gasteiger partial charge on any atom is 0.188 e. The number of nitrogens with one attached hydrogen (secondary N) is 1. The lowest BCUT2D eigenvalue weighted by Crippen LogP contribution is -2.40. The molecule has 0 aromatic rings. The summed E-state index contributed by atoms with van der Waals surface area (Å²) in [6.07, 6.45) is 14.8. The fourth-order valence-electron chi connectivity index (χ4n) is 3.71. The maximum absolute atomic E-state index is 6.04.